The molecule has 108 valence electrons. The number of nitrogens with one attached hydrogen (secondary N) is 1. The number of nitrogens with zero attached hydrogens (tertiary/aromatic N) is 2. The van der Waals surface area contributed by atoms with Gasteiger partial charge in [-0.25, -0.2) is 0 Å². The van der Waals surface area contributed by atoms with E-state index in [-0.39, 0.29) is 6.10 Å². The molecule has 0 fully saturated rings. The molecule has 2 heterocycles. The monoisotopic (exact) mass is 433 g/mol. The molecule has 0 amide bonds. The van der Waals surface area contributed by atoms with Crippen molar-refractivity contribution >= 4 is 56.7 Å². The van der Waals surface area contributed by atoms with E-state index in [0.717, 1.165) is 25.9 Å². The van der Waals surface area contributed by atoms with E-state index in [1.807, 2.05) is 25.1 Å². The van der Waals surface area contributed by atoms with E-state index >= 15 is 0 Å². The first kappa shape index (κ1) is 14.9. The third kappa shape index (κ3) is 2.95. The van der Waals surface area contributed by atoms with Crippen molar-refractivity contribution < 1.29 is 4.74 Å². The van der Waals surface area contributed by atoms with Crippen molar-refractivity contribution in [2.24, 2.45) is 0 Å². The van der Waals surface area contributed by atoms with Crippen LogP contribution in [0.15, 0.2) is 30.6 Å². The number of ether oxygens (including phenoxy) is 1. The summed E-state index contributed by atoms with van der Waals surface area (Å²) < 4.78 is 6.93. The Bertz CT molecular complexity index is 786. The summed E-state index contributed by atoms with van der Waals surface area (Å²) in [7, 11) is 0. The van der Waals surface area contributed by atoms with Gasteiger partial charge in [0.1, 0.15) is 15.6 Å². The zero-order chi connectivity index (χ0) is 15.0. The highest BCUT2D eigenvalue weighted by Crippen LogP contribution is 2.33. The summed E-state index contributed by atoms with van der Waals surface area (Å²) in [4.78, 5) is 3.95. The van der Waals surface area contributed by atoms with Crippen molar-refractivity contribution in [1.82, 2.24) is 15.2 Å². The van der Waals surface area contributed by atoms with Crippen LogP contribution >= 0.6 is 45.8 Å². The maximum absolute atomic E-state index is 6.15. The van der Waals surface area contributed by atoms with E-state index in [1.54, 1.807) is 12.4 Å². The van der Waals surface area contributed by atoms with Gasteiger partial charge < -0.3 is 4.74 Å². The second kappa shape index (κ2) is 5.98. The average molecular weight is 434 g/mol. The highest BCUT2D eigenvalue weighted by atomic mass is 127. The van der Waals surface area contributed by atoms with E-state index in [0.29, 0.717) is 10.0 Å². The summed E-state index contributed by atoms with van der Waals surface area (Å²) in [6.45, 7) is 1.90. The second-order valence-corrected chi connectivity index (χ2v) is 6.39. The molecule has 0 aliphatic heterocycles. The Morgan fingerprint density at radius 2 is 1.95 bits per heavy atom. The van der Waals surface area contributed by atoms with Gasteiger partial charge in [-0.3, -0.25) is 10.1 Å². The molecule has 3 aromatic rings. The topological polar surface area (TPSA) is 50.8 Å². The van der Waals surface area contributed by atoms with Gasteiger partial charge in [-0.1, -0.05) is 23.2 Å². The highest BCUT2D eigenvalue weighted by Gasteiger charge is 2.16. The molecule has 0 radical (unpaired) electrons. The Morgan fingerprint density at radius 1 is 1.24 bits per heavy atom. The molecule has 1 N–H and O–H groups in total. The summed E-state index contributed by atoms with van der Waals surface area (Å²) in [5.41, 5.74) is 1.63. The van der Waals surface area contributed by atoms with Crippen LogP contribution in [-0.4, -0.2) is 15.2 Å². The largest absolute Gasteiger partial charge is 0.486 e. The lowest BCUT2D eigenvalue weighted by Crippen LogP contribution is -2.05. The van der Waals surface area contributed by atoms with Crippen LogP contribution in [0, 0.1) is 3.70 Å². The molecule has 0 aliphatic carbocycles. The standard InChI is InChI=1S/C14H10Cl2IN3O/c1-7(13-10(15)5-18-6-11(13)16)21-8-2-3-12-9(4-8)14(17)20-19-12/h2-7H,1H3,(H,19,20)/t7-/m0/s1. The normalized spacial score (nSPS) is 12.6. The Labute approximate surface area is 144 Å². The summed E-state index contributed by atoms with van der Waals surface area (Å²) in [5, 5.41) is 9.13. The molecule has 7 heteroatoms. The molecule has 0 bridgehead atoms. The number of hydrogen-bond donors (Lipinski definition) is 1. The fourth-order valence-electron chi connectivity index (χ4n) is 2.10. The number of pyridine rings is 1. The van der Waals surface area contributed by atoms with Crippen molar-refractivity contribution in [3.05, 3.63) is 49.9 Å². The number of aromatic amines is 1. The van der Waals surface area contributed by atoms with Gasteiger partial charge in [0.2, 0.25) is 0 Å². The van der Waals surface area contributed by atoms with Crippen molar-refractivity contribution in [3.63, 3.8) is 0 Å². The first-order valence-electron chi connectivity index (χ1n) is 6.15. The van der Waals surface area contributed by atoms with Gasteiger partial charge in [-0.15, -0.1) is 0 Å². The second-order valence-electron chi connectivity index (χ2n) is 4.49. The summed E-state index contributed by atoms with van der Waals surface area (Å²) in [6.07, 6.45) is 2.84. The van der Waals surface area contributed by atoms with Gasteiger partial charge in [-0.05, 0) is 47.7 Å². The third-order valence-electron chi connectivity index (χ3n) is 3.09. The van der Waals surface area contributed by atoms with Crippen molar-refractivity contribution in [2.75, 3.05) is 0 Å². The van der Waals surface area contributed by atoms with Crippen LogP contribution in [0.4, 0.5) is 0 Å². The molecule has 1 aromatic carbocycles. The lowest BCUT2D eigenvalue weighted by Gasteiger charge is -2.17. The fourth-order valence-corrected chi connectivity index (χ4v) is 3.33. The number of aromatic nitrogens is 3. The van der Waals surface area contributed by atoms with Crippen LogP contribution in [-0.2, 0) is 0 Å². The maximum Gasteiger partial charge on any atom is 0.124 e. The van der Waals surface area contributed by atoms with Crippen LogP contribution in [0.1, 0.15) is 18.6 Å². The molecule has 21 heavy (non-hydrogen) atoms. The molecular formula is C14H10Cl2IN3O. The number of hydrogen-bond acceptors (Lipinski definition) is 3. The molecule has 2 aromatic heterocycles. The first-order valence-corrected chi connectivity index (χ1v) is 7.99. The predicted molar refractivity (Wildman–Crippen MR) is 92.1 cm³/mol. The Balaban J connectivity index is 1.92. The van der Waals surface area contributed by atoms with Crippen LogP contribution in [0.5, 0.6) is 5.75 Å². The zero-order valence-electron chi connectivity index (χ0n) is 10.9. The molecule has 0 saturated heterocycles. The number of benzene rings is 1. The van der Waals surface area contributed by atoms with E-state index in [2.05, 4.69) is 37.8 Å². The van der Waals surface area contributed by atoms with E-state index in [1.165, 1.54) is 0 Å². The quantitative estimate of drug-likeness (QED) is 0.590. The van der Waals surface area contributed by atoms with Gasteiger partial charge in [0.15, 0.2) is 0 Å². The lowest BCUT2D eigenvalue weighted by atomic mass is 10.1. The number of fused-ring (bicyclic) bond motifs is 1. The molecular weight excluding hydrogens is 424 g/mol. The van der Waals surface area contributed by atoms with Crippen LogP contribution in [0.2, 0.25) is 10.0 Å². The van der Waals surface area contributed by atoms with E-state index in [9.17, 15) is 0 Å². The lowest BCUT2D eigenvalue weighted by molar-refractivity contribution is 0.227. The Hall–Kier alpha value is -1.05. The van der Waals surface area contributed by atoms with Crippen LogP contribution < -0.4 is 4.74 Å². The maximum atomic E-state index is 6.15. The van der Waals surface area contributed by atoms with Crippen LogP contribution in [0.3, 0.4) is 0 Å². The molecule has 3 rings (SSSR count). The SMILES string of the molecule is C[C@H](Oc1ccc2n[nH]c(I)c2c1)c1c(Cl)cncc1Cl. The minimum absolute atomic E-state index is 0.282. The Morgan fingerprint density at radius 3 is 2.67 bits per heavy atom. The molecule has 0 saturated carbocycles. The minimum Gasteiger partial charge on any atom is -0.486 e. The highest BCUT2D eigenvalue weighted by molar-refractivity contribution is 14.1. The summed E-state index contributed by atoms with van der Waals surface area (Å²) in [6, 6.07) is 5.73. The minimum atomic E-state index is -0.282. The average Bonchev–Trinajstić information content (AvgIpc) is 2.80. The van der Waals surface area contributed by atoms with Crippen LogP contribution in [0.25, 0.3) is 10.9 Å². The van der Waals surface area contributed by atoms with Crippen molar-refractivity contribution in [2.45, 2.75) is 13.0 Å². The Kier molecular flexibility index (Phi) is 4.24. The third-order valence-corrected chi connectivity index (χ3v) is 4.51. The molecule has 0 aliphatic rings. The molecule has 1 atom stereocenters. The summed E-state index contributed by atoms with van der Waals surface area (Å²) >= 11 is 14.5. The van der Waals surface area contributed by atoms with Gasteiger partial charge in [0.25, 0.3) is 0 Å². The first-order chi connectivity index (χ1) is 10.1. The van der Waals surface area contributed by atoms with Crippen molar-refractivity contribution in [1.29, 1.82) is 0 Å². The number of rotatable bonds is 3. The zero-order valence-corrected chi connectivity index (χ0v) is 14.6. The van der Waals surface area contributed by atoms with E-state index < -0.39 is 0 Å². The summed E-state index contributed by atoms with van der Waals surface area (Å²) in [5.74, 6) is 0.735. The van der Waals surface area contributed by atoms with Crippen molar-refractivity contribution in [3.8, 4) is 5.75 Å². The molecule has 4 nitrogen and oxygen atoms in total. The number of halogens is 3. The van der Waals surface area contributed by atoms with Gasteiger partial charge in [0.05, 0.1) is 15.6 Å². The van der Waals surface area contributed by atoms with Gasteiger partial charge >= 0.3 is 0 Å². The van der Waals surface area contributed by atoms with Gasteiger partial charge in [0, 0.05) is 23.3 Å². The molecule has 0 spiro atoms. The van der Waals surface area contributed by atoms with Gasteiger partial charge in [-0.2, -0.15) is 5.10 Å². The predicted octanol–water partition coefficient (Wildman–Crippen LogP) is 5.01. The smallest absolute Gasteiger partial charge is 0.124 e. The van der Waals surface area contributed by atoms with E-state index in [4.69, 9.17) is 27.9 Å². The molecule has 0 unspecified atom stereocenters. The number of H-pyrrole nitrogens is 1. The fraction of sp³-hybridized carbons (Fsp3) is 0.143.